The number of nitrogens with one attached hydrogen (secondary N) is 2. The second kappa shape index (κ2) is 7.08. The van der Waals surface area contributed by atoms with E-state index >= 15 is 0 Å². The van der Waals surface area contributed by atoms with Crippen molar-refractivity contribution < 1.29 is 19.1 Å². The van der Waals surface area contributed by atoms with Crippen LogP contribution in [0.25, 0.3) is 0 Å². The standard InChI is InChI=1S/C15H20N2O4/c1-20-8-7-16-14(18)12-9-13(12)15(19)17-10-3-5-11(21-2)6-4-10/h3-6,12-13H,7-9H2,1-2H3,(H,16,18)(H,17,19). The Bertz CT molecular complexity index is 501. The lowest BCUT2D eigenvalue weighted by molar-refractivity contribution is -0.125. The summed E-state index contributed by atoms with van der Waals surface area (Å²) in [4.78, 5) is 23.8. The van der Waals surface area contributed by atoms with Gasteiger partial charge in [0.05, 0.1) is 25.6 Å². The van der Waals surface area contributed by atoms with E-state index in [0.717, 1.165) is 5.75 Å². The van der Waals surface area contributed by atoms with Crippen molar-refractivity contribution in [2.75, 3.05) is 32.7 Å². The number of carbonyl (C=O) groups is 2. The summed E-state index contributed by atoms with van der Waals surface area (Å²) in [5.74, 6) is 0.0681. The molecule has 0 bridgehead atoms. The van der Waals surface area contributed by atoms with Crippen molar-refractivity contribution in [1.29, 1.82) is 0 Å². The summed E-state index contributed by atoms with van der Waals surface area (Å²) in [5.41, 5.74) is 0.700. The van der Waals surface area contributed by atoms with Crippen molar-refractivity contribution in [2.24, 2.45) is 11.8 Å². The van der Waals surface area contributed by atoms with Crippen LogP contribution in [0.4, 0.5) is 5.69 Å². The van der Waals surface area contributed by atoms with E-state index in [0.29, 0.717) is 25.3 Å². The van der Waals surface area contributed by atoms with Crippen molar-refractivity contribution >= 4 is 17.5 Å². The highest BCUT2D eigenvalue weighted by Gasteiger charge is 2.47. The number of hydrogen-bond donors (Lipinski definition) is 2. The molecule has 1 aliphatic carbocycles. The van der Waals surface area contributed by atoms with Crippen molar-refractivity contribution in [3.05, 3.63) is 24.3 Å². The van der Waals surface area contributed by atoms with Crippen LogP contribution in [0, 0.1) is 11.8 Å². The van der Waals surface area contributed by atoms with Gasteiger partial charge in [0.2, 0.25) is 11.8 Å². The molecule has 0 radical (unpaired) electrons. The predicted octanol–water partition coefficient (Wildman–Crippen LogP) is 1.03. The molecule has 2 amide bonds. The molecule has 1 fully saturated rings. The topological polar surface area (TPSA) is 76.7 Å². The zero-order chi connectivity index (χ0) is 15.2. The molecule has 6 heteroatoms. The van der Waals surface area contributed by atoms with E-state index < -0.39 is 0 Å². The number of ether oxygens (including phenoxy) is 2. The number of amides is 2. The molecule has 0 saturated heterocycles. The van der Waals surface area contributed by atoms with Gasteiger partial charge in [-0.3, -0.25) is 9.59 Å². The molecule has 6 nitrogen and oxygen atoms in total. The van der Waals surface area contributed by atoms with Crippen LogP contribution in [-0.2, 0) is 14.3 Å². The van der Waals surface area contributed by atoms with Crippen LogP contribution >= 0.6 is 0 Å². The Kier molecular flexibility index (Phi) is 5.16. The number of benzene rings is 1. The molecule has 0 spiro atoms. The van der Waals surface area contributed by atoms with E-state index in [2.05, 4.69) is 10.6 Å². The van der Waals surface area contributed by atoms with E-state index in [4.69, 9.17) is 9.47 Å². The fourth-order valence-electron chi connectivity index (χ4n) is 2.09. The lowest BCUT2D eigenvalue weighted by Crippen LogP contribution is -2.30. The summed E-state index contributed by atoms with van der Waals surface area (Å²) in [6.07, 6.45) is 0.598. The van der Waals surface area contributed by atoms with E-state index in [9.17, 15) is 9.59 Å². The van der Waals surface area contributed by atoms with E-state index in [-0.39, 0.29) is 23.7 Å². The Labute approximate surface area is 123 Å². The number of anilines is 1. The molecule has 0 aromatic heterocycles. The Hall–Kier alpha value is -2.08. The SMILES string of the molecule is COCCNC(=O)C1CC1C(=O)Nc1ccc(OC)cc1. The highest BCUT2D eigenvalue weighted by molar-refractivity contribution is 5.99. The summed E-state index contributed by atoms with van der Waals surface area (Å²) in [7, 11) is 3.17. The van der Waals surface area contributed by atoms with Crippen LogP contribution in [0.3, 0.4) is 0 Å². The van der Waals surface area contributed by atoms with Gasteiger partial charge in [-0.1, -0.05) is 0 Å². The number of carbonyl (C=O) groups excluding carboxylic acids is 2. The minimum Gasteiger partial charge on any atom is -0.497 e. The zero-order valence-corrected chi connectivity index (χ0v) is 12.2. The van der Waals surface area contributed by atoms with E-state index in [1.807, 2.05) is 0 Å². The molecule has 114 valence electrons. The summed E-state index contributed by atoms with van der Waals surface area (Å²) in [6, 6.07) is 7.09. The molecule has 0 aliphatic heterocycles. The van der Waals surface area contributed by atoms with Gasteiger partial charge in [-0.2, -0.15) is 0 Å². The largest absolute Gasteiger partial charge is 0.497 e. The molecule has 1 aromatic carbocycles. The Balaban J connectivity index is 1.78. The summed E-state index contributed by atoms with van der Waals surface area (Å²) >= 11 is 0. The van der Waals surface area contributed by atoms with Gasteiger partial charge in [0.25, 0.3) is 0 Å². The van der Waals surface area contributed by atoms with Crippen molar-refractivity contribution in [2.45, 2.75) is 6.42 Å². The molecule has 1 saturated carbocycles. The molecule has 2 rings (SSSR count). The third kappa shape index (κ3) is 4.19. The first-order valence-corrected chi connectivity index (χ1v) is 6.87. The normalized spacial score (nSPS) is 19.7. The summed E-state index contributed by atoms with van der Waals surface area (Å²) < 4.78 is 9.91. The van der Waals surface area contributed by atoms with Gasteiger partial charge in [0.15, 0.2) is 0 Å². The molecule has 21 heavy (non-hydrogen) atoms. The second-order valence-electron chi connectivity index (χ2n) is 4.95. The van der Waals surface area contributed by atoms with Crippen LogP contribution in [0.2, 0.25) is 0 Å². The Morgan fingerprint density at radius 3 is 2.43 bits per heavy atom. The third-order valence-electron chi connectivity index (χ3n) is 3.43. The van der Waals surface area contributed by atoms with Crippen LogP contribution in [-0.4, -0.2) is 39.2 Å². The van der Waals surface area contributed by atoms with Gasteiger partial charge in [-0.15, -0.1) is 0 Å². The van der Waals surface area contributed by atoms with Crippen LogP contribution < -0.4 is 15.4 Å². The van der Waals surface area contributed by atoms with Gasteiger partial charge in [-0.25, -0.2) is 0 Å². The zero-order valence-electron chi connectivity index (χ0n) is 12.2. The van der Waals surface area contributed by atoms with E-state index in [1.54, 1.807) is 38.5 Å². The fraction of sp³-hybridized carbons (Fsp3) is 0.467. The van der Waals surface area contributed by atoms with Crippen molar-refractivity contribution in [3.63, 3.8) is 0 Å². The minimum absolute atomic E-state index is 0.0815. The molecule has 1 aromatic rings. The molecule has 2 unspecified atom stereocenters. The van der Waals surface area contributed by atoms with Crippen molar-refractivity contribution in [3.8, 4) is 5.75 Å². The quantitative estimate of drug-likeness (QED) is 0.736. The van der Waals surface area contributed by atoms with Crippen LogP contribution in [0.15, 0.2) is 24.3 Å². The first-order valence-electron chi connectivity index (χ1n) is 6.87. The van der Waals surface area contributed by atoms with Gasteiger partial charge < -0.3 is 20.1 Å². The number of hydrogen-bond acceptors (Lipinski definition) is 4. The molecule has 2 N–H and O–H groups in total. The van der Waals surface area contributed by atoms with Gasteiger partial charge in [-0.05, 0) is 30.7 Å². The van der Waals surface area contributed by atoms with Crippen LogP contribution in [0.5, 0.6) is 5.75 Å². The maximum Gasteiger partial charge on any atom is 0.228 e. The Morgan fingerprint density at radius 2 is 1.81 bits per heavy atom. The average Bonchev–Trinajstić information content (AvgIpc) is 3.29. The summed E-state index contributed by atoms with van der Waals surface area (Å²) in [6.45, 7) is 0.944. The molecule has 0 heterocycles. The maximum absolute atomic E-state index is 12.0. The average molecular weight is 292 g/mol. The Morgan fingerprint density at radius 1 is 1.14 bits per heavy atom. The molecular formula is C15H20N2O4. The molecule has 1 aliphatic rings. The molecule has 2 atom stereocenters. The first kappa shape index (κ1) is 15.3. The second-order valence-corrected chi connectivity index (χ2v) is 4.95. The maximum atomic E-state index is 12.0. The predicted molar refractivity (Wildman–Crippen MR) is 78.1 cm³/mol. The highest BCUT2D eigenvalue weighted by atomic mass is 16.5. The fourth-order valence-corrected chi connectivity index (χ4v) is 2.09. The van der Waals surface area contributed by atoms with Gasteiger partial charge in [0.1, 0.15) is 5.75 Å². The van der Waals surface area contributed by atoms with Crippen LogP contribution in [0.1, 0.15) is 6.42 Å². The lowest BCUT2D eigenvalue weighted by Gasteiger charge is -2.06. The van der Waals surface area contributed by atoms with Gasteiger partial charge >= 0.3 is 0 Å². The van der Waals surface area contributed by atoms with E-state index in [1.165, 1.54) is 0 Å². The van der Waals surface area contributed by atoms with Crippen molar-refractivity contribution in [1.82, 2.24) is 5.32 Å². The summed E-state index contributed by atoms with van der Waals surface area (Å²) in [5, 5.41) is 5.56. The number of methoxy groups -OCH3 is 2. The monoisotopic (exact) mass is 292 g/mol. The smallest absolute Gasteiger partial charge is 0.228 e. The third-order valence-corrected chi connectivity index (χ3v) is 3.43. The lowest BCUT2D eigenvalue weighted by atomic mass is 10.2. The highest BCUT2D eigenvalue weighted by Crippen LogP contribution is 2.39. The van der Waals surface area contributed by atoms with Gasteiger partial charge in [0, 0.05) is 19.3 Å². The molecular weight excluding hydrogens is 272 g/mol. The number of rotatable bonds is 7. The minimum atomic E-state index is -0.241. The first-order chi connectivity index (χ1) is 10.2.